The largest absolute Gasteiger partial charge is 0.330 e. The molecule has 1 heterocycles. The lowest BCUT2D eigenvalue weighted by molar-refractivity contribution is 0.264. The topological polar surface area (TPSA) is 75.4 Å². The zero-order valence-electron chi connectivity index (χ0n) is 12.4. The molecular weight excluding hydrogens is 262 g/mol. The van der Waals surface area contributed by atoms with Crippen molar-refractivity contribution >= 4 is 10.2 Å². The smallest absolute Gasteiger partial charge is 0.279 e. The monoisotopic (exact) mass is 291 g/mol. The number of nitrogens with two attached hydrogens (primary N) is 1. The summed E-state index contributed by atoms with van der Waals surface area (Å²) in [6, 6.07) is -0.0155. The standard InChI is InChI=1S/C13H29N3O2S/c1-4-13(5-2)11(3)15-19(17,18)16-8-6-7-12(9-14)10-16/h11-13,15H,4-10,14H2,1-3H3. The van der Waals surface area contributed by atoms with Crippen molar-refractivity contribution in [2.24, 2.45) is 17.6 Å². The Morgan fingerprint density at radius 3 is 2.53 bits per heavy atom. The van der Waals surface area contributed by atoms with E-state index in [0.29, 0.717) is 31.5 Å². The SMILES string of the molecule is CCC(CC)C(C)NS(=O)(=O)N1CCCC(CN)C1. The van der Waals surface area contributed by atoms with Crippen LogP contribution in [0.15, 0.2) is 0 Å². The fraction of sp³-hybridized carbons (Fsp3) is 1.00. The van der Waals surface area contributed by atoms with E-state index in [1.165, 1.54) is 0 Å². The summed E-state index contributed by atoms with van der Waals surface area (Å²) in [5.41, 5.74) is 5.66. The second kappa shape index (κ2) is 7.57. The van der Waals surface area contributed by atoms with Gasteiger partial charge < -0.3 is 5.73 Å². The van der Waals surface area contributed by atoms with Gasteiger partial charge >= 0.3 is 0 Å². The van der Waals surface area contributed by atoms with E-state index in [0.717, 1.165) is 25.7 Å². The highest BCUT2D eigenvalue weighted by molar-refractivity contribution is 7.87. The summed E-state index contributed by atoms with van der Waals surface area (Å²) in [6.45, 7) is 7.89. The molecule has 0 aromatic rings. The average molecular weight is 291 g/mol. The van der Waals surface area contributed by atoms with E-state index in [-0.39, 0.29) is 6.04 Å². The van der Waals surface area contributed by atoms with Gasteiger partial charge in [-0.3, -0.25) is 0 Å². The summed E-state index contributed by atoms with van der Waals surface area (Å²) in [5, 5.41) is 0. The quantitative estimate of drug-likeness (QED) is 0.743. The van der Waals surface area contributed by atoms with Gasteiger partial charge in [-0.25, -0.2) is 0 Å². The summed E-state index contributed by atoms with van der Waals surface area (Å²) in [4.78, 5) is 0. The lowest BCUT2D eigenvalue weighted by Gasteiger charge is -2.33. The minimum Gasteiger partial charge on any atom is -0.330 e. The lowest BCUT2D eigenvalue weighted by Crippen LogP contribution is -2.50. The minimum absolute atomic E-state index is 0.0155. The Bertz CT molecular complexity index is 355. The van der Waals surface area contributed by atoms with E-state index in [9.17, 15) is 8.42 Å². The number of piperidine rings is 1. The van der Waals surface area contributed by atoms with E-state index >= 15 is 0 Å². The maximum Gasteiger partial charge on any atom is 0.279 e. The molecule has 2 unspecified atom stereocenters. The molecule has 0 bridgehead atoms. The molecule has 2 atom stereocenters. The van der Waals surface area contributed by atoms with Crippen molar-refractivity contribution in [3.8, 4) is 0 Å². The third-order valence-electron chi connectivity index (χ3n) is 4.25. The van der Waals surface area contributed by atoms with Crippen molar-refractivity contribution in [1.29, 1.82) is 0 Å². The molecule has 19 heavy (non-hydrogen) atoms. The normalized spacial score (nSPS) is 23.7. The Balaban J connectivity index is 2.64. The van der Waals surface area contributed by atoms with Crippen LogP contribution >= 0.6 is 0 Å². The molecular formula is C13H29N3O2S. The molecule has 0 aliphatic carbocycles. The average Bonchev–Trinajstić information content (AvgIpc) is 2.39. The maximum atomic E-state index is 12.4. The van der Waals surface area contributed by atoms with Crippen LogP contribution in [0.4, 0.5) is 0 Å². The molecule has 1 saturated heterocycles. The fourth-order valence-electron chi connectivity index (χ4n) is 2.84. The molecule has 3 N–H and O–H groups in total. The summed E-state index contributed by atoms with van der Waals surface area (Å²) in [5.74, 6) is 0.693. The van der Waals surface area contributed by atoms with Gasteiger partial charge in [-0.15, -0.1) is 0 Å². The van der Waals surface area contributed by atoms with Crippen LogP contribution in [0, 0.1) is 11.8 Å². The van der Waals surface area contributed by atoms with Gasteiger partial charge in [0.2, 0.25) is 0 Å². The number of hydrogen-bond donors (Lipinski definition) is 2. The summed E-state index contributed by atoms with van der Waals surface area (Å²) in [7, 11) is -3.36. The Hall–Kier alpha value is -0.170. The van der Waals surface area contributed by atoms with Crippen LogP contribution in [0.2, 0.25) is 0 Å². The minimum atomic E-state index is -3.36. The van der Waals surface area contributed by atoms with E-state index in [4.69, 9.17) is 5.73 Å². The van der Waals surface area contributed by atoms with Gasteiger partial charge in [0.1, 0.15) is 0 Å². The van der Waals surface area contributed by atoms with Crippen molar-refractivity contribution < 1.29 is 8.42 Å². The first kappa shape index (κ1) is 16.9. The third-order valence-corrected chi connectivity index (χ3v) is 5.93. The molecule has 0 aromatic heterocycles. The van der Waals surface area contributed by atoms with Crippen molar-refractivity contribution in [3.05, 3.63) is 0 Å². The van der Waals surface area contributed by atoms with Gasteiger partial charge in [0.05, 0.1) is 0 Å². The first-order chi connectivity index (χ1) is 8.94. The predicted octanol–water partition coefficient (Wildman–Crippen LogP) is 1.32. The van der Waals surface area contributed by atoms with E-state index in [1.54, 1.807) is 4.31 Å². The third kappa shape index (κ3) is 4.70. The molecule has 1 aliphatic rings. The van der Waals surface area contributed by atoms with E-state index in [2.05, 4.69) is 18.6 Å². The molecule has 114 valence electrons. The molecule has 1 aliphatic heterocycles. The highest BCUT2D eigenvalue weighted by Crippen LogP contribution is 2.19. The molecule has 1 rings (SSSR count). The van der Waals surface area contributed by atoms with Gasteiger partial charge in [0, 0.05) is 19.1 Å². The zero-order valence-corrected chi connectivity index (χ0v) is 13.2. The van der Waals surface area contributed by atoms with E-state index in [1.807, 2.05) is 6.92 Å². The number of rotatable bonds is 7. The zero-order chi connectivity index (χ0) is 14.5. The van der Waals surface area contributed by atoms with Crippen LogP contribution in [-0.4, -0.2) is 38.4 Å². The van der Waals surface area contributed by atoms with Crippen molar-refractivity contribution in [3.63, 3.8) is 0 Å². The van der Waals surface area contributed by atoms with Gasteiger partial charge in [-0.05, 0) is 38.1 Å². The van der Waals surface area contributed by atoms with Gasteiger partial charge in [0.25, 0.3) is 10.2 Å². The molecule has 6 heteroatoms. The number of hydrogen-bond acceptors (Lipinski definition) is 3. The molecule has 0 aromatic carbocycles. The van der Waals surface area contributed by atoms with Crippen molar-refractivity contribution in [1.82, 2.24) is 9.03 Å². The second-order valence-corrected chi connectivity index (χ2v) is 7.29. The molecule has 0 spiro atoms. The Kier molecular flexibility index (Phi) is 6.73. The highest BCUT2D eigenvalue weighted by Gasteiger charge is 2.30. The van der Waals surface area contributed by atoms with E-state index < -0.39 is 10.2 Å². The first-order valence-corrected chi connectivity index (χ1v) is 8.86. The van der Waals surface area contributed by atoms with Crippen LogP contribution < -0.4 is 10.5 Å². The van der Waals surface area contributed by atoms with Crippen LogP contribution in [0.1, 0.15) is 46.5 Å². The van der Waals surface area contributed by atoms with Crippen LogP contribution in [-0.2, 0) is 10.2 Å². The maximum absolute atomic E-state index is 12.4. The molecule has 0 radical (unpaired) electrons. The lowest BCUT2D eigenvalue weighted by atomic mass is 9.96. The van der Waals surface area contributed by atoms with Crippen molar-refractivity contribution in [2.45, 2.75) is 52.5 Å². The summed E-state index contributed by atoms with van der Waals surface area (Å²) in [6.07, 6.45) is 3.92. The predicted molar refractivity (Wildman–Crippen MR) is 78.9 cm³/mol. The fourth-order valence-corrected chi connectivity index (χ4v) is 4.43. The molecule has 1 fully saturated rings. The van der Waals surface area contributed by atoms with Gasteiger partial charge in [-0.2, -0.15) is 17.4 Å². The Morgan fingerprint density at radius 2 is 2.00 bits per heavy atom. The van der Waals surface area contributed by atoms with Crippen LogP contribution in [0.5, 0.6) is 0 Å². The summed E-state index contributed by atoms with van der Waals surface area (Å²) >= 11 is 0. The Morgan fingerprint density at radius 1 is 1.37 bits per heavy atom. The van der Waals surface area contributed by atoms with Crippen LogP contribution in [0.25, 0.3) is 0 Å². The van der Waals surface area contributed by atoms with Crippen molar-refractivity contribution in [2.75, 3.05) is 19.6 Å². The number of nitrogens with zero attached hydrogens (tertiary/aromatic N) is 1. The molecule has 5 nitrogen and oxygen atoms in total. The second-order valence-electron chi connectivity index (χ2n) is 5.59. The number of nitrogens with one attached hydrogen (secondary N) is 1. The molecule has 0 amide bonds. The highest BCUT2D eigenvalue weighted by atomic mass is 32.2. The van der Waals surface area contributed by atoms with Crippen LogP contribution in [0.3, 0.4) is 0 Å². The Labute approximate surface area is 118 Å². The first-order valence-electron chi connectivity index (χ1n) is 7.42. The van der Waals surface area contributed by atoms with Gasteiger partial charge in [-0.1, -0.05) is 26.7 Å². The summed E-state index contributed by atoms with van der Waals surface area (Å²) < 4.78 is 29.1. The molecule has 0 saturated carbocycles. The van der Waals surface area contributed by atoms with Gasteiger partial charge in [0.15, 0.2) is 0 Å².